The van der Waals surface area contributed by atoms with Gasteiger partial charge in [-0.25, -0.2) is 4.79 Å². The van der Waals surface area contributed by atoms with Crippen LogP contribution in [0.3, 0.4) is 0 Å². The SMILES string of the molecule is N#CCC(=O)Nc1ccc(C(=O)OCC(=O)NCC23CC4CC(CC(C4)C2)C3)cc1. The Hall–Kier alpha value is -2.88. The molecule has 2 amide bonds. The van der Waals surface area contributed by atoms with Crippen LogP contribution in [0.2, 0.25) is 0 Å². The van der Waals surface area contributed by atoms with Gasteiger partial charge in [0.25, 0.3) is 5.91 Å². The average Bonchev–Trinajstić information content (AvgIpc) is 2.70. The lowest BCUT2D eigenvalue weighted by Crippen LogP contribution is -2.51. The minimum atomic E-state index is -0.588. The summed E-state index contributed by atoms with van der Waals surface area (Å²) in [5.74, 6) is 1.23. The zero-order valence-corrected chi connectivity index (χ0v) is 17.0. The molecule has 0 aliphatic heterocycles. The molecule has 5 rings (SSSR count). The highest BCUT2D eigenvalue weighted by molar-refractivity contribution is 5.94. The molecule has 0 spiro atoms. The molecule has 0 aromatic heterocycles. The maximum Gasteiger partial charge on any atom is 0.338 e. The Bertz CT molecular complexity index is 836. The Morgan fingerprint density at radius 3 is 2.17 bits per heavy atom. The van der Waals surface area contributed by atoms with E-state index < -0.39 is 11.9 Å². The first-order chi connectivity index (χ1) is 14.4. The lowest BCUT2D eigenvalue weighted by molar-refractivity contribution is -0.126. The van der Waals surface area contributed by atoms with E-state index >= 15 is 0 Å². The normalized spacial score (nSPS) is 28.4. The van der Waals surface area contributed by atoms with Crippen molar-refractivity contribution in [3.63, 3.8) is 0 Å². The second kappa shape index (κ2) is 8.47. The lowest BCUT2D eigenvalue weighted by atomic mass is 9.49. The molecule has 0 unspecified atom stereocenters. The number of nitriles is 1. The quantitative estimate of drug-likeness (QED) is 0.673. The van der Waals surface area contributed by atoms with Crippen LogP contribution in [0, 0.1) is 34.5 Å². The van der Waals surface area contributed by atoms with Crippen LogP contribution in [0.5, 0.6) is 0 Å². The first-order valence-electron chi connectivity index (χ1n) is 10.7. The molecule has 4 aliphatic carbocycles. The molecule has 4 bridgehead atoms. The maximum atomic E-state index is 12.2. The summed E-state index contributed by atoms with van der Waals surface area (Å²) in [7, 11) is 0. The molecule has 4 saturated carbocycles. The van der Waals surface area contributed by atoms with Gasteiger partial charge in [-0.05, 0) is 86.0 Å². The Morgan fingerprint density at radius 1 is 1.00 bits per heavy atom. The molecular formula is C23H27N3O4. The van der Waals surface area contributed by atoms with E-state index in [1.807, 2.05) is 0 Å². The second-order valence-corrected chi connectivity index (χ2v) is 9.23. The fourth-order valence-corrected chi connectivity index (χ4v) is 6.02. The van der Waals surface area contributed by atoms with Crippen LogP contribution in [0.15, 0.2) is 24.3 Å². The lowest BCUT2D eigenvalue weighted by Gasteiger charge is -2.56. The fourth-order valence-electron chi connectivity index (χ4n) is 6.02. The van der Waals surface area contributed by atoms with E-state index in [1.165, 1.54) is 50.7 Å². The van der Waals surface area contributed by atoms with Gasteiger partial charge in [-0.2, -0.15) is 5.26 Å². The first kappa shape index (κ1) is 20.4. The number of benzene rings is 1. The number of ether oxygens (including phenoxy) is 1. The summed E-state index contributed by atoms with van der Waals surface area (Å²) in [6, 6.07) is 7.90. The zero-order valence-electron chi connectivity index (χ0n) is 17.0. The van der Waals surface area contributed by atoms with Gasteiger partial charge >= 0.3 is 5.97 Å². The molecule has 1 aromatic rings. The van der Waals surface area contributed by atoms with Gasteiger partial charge < -0.3 is 15.4 Å². The number of carbonyl (C=O) groups excluding carboxylic acids is 3. The van der Waals surface area contributed by atoms with Crippen LogP contribution < -0.4 is 10.6 Å². The molecule has 0 heterocycles. The Kier molecular flexibility index (Phi) is 5.76. The number of hydrogen-bond donors (Lipinski definition) is 2. The summed E-state index contributed by atoms with van der Waals surface area (Å²) in [4.78, 5) is 35.8. The van der Waals surface area contributed by atoms with Crippen LogP contribution in [-0.4, -0.2) is 30.9 Å². The monoisotopic (exact) mass is 409 g/mol. The number of nitrogens with one attached hydrogen (secondary N) is 2. The van der Waals surface area contributed by atoms with Crippen molar-refractivity contribution >= 4 is 23.5 Å². The summed E-state index contributed by atoms with van der Waals surface area (Å²) in [6.45, 7) is 0.385. The Morgan fingerprint density at radius 2 is 1.60 bits per heavy atom. The highest BCUT2D eigenvalue weighted by atomic mass is 16.5. The number of nitrogens with zero attached hydrogens (tertiary/aromatic N) is 1. The van der Waals surface area contributed by atoms with E-state index in [0.717, 1.165) is 17.8 Å². The van der Waals surface area contributed by atoms with E-state index in [9.17, 15) is 14.4 Å². The van der Waals surface area contributed by atoms with Crippen LogP contribution in [0.1, 0.15) is 55.3 Å². The third-order valence-electron chi connectivity index (χ3n) is 6.80. The number of amides is 2. The van der Waals surface area contributed by atoms with Crippen molar-refractivity contribution in [1.29, 1.82) is 5.26 Å². The van der Waals surface area contributed by atoms with Gasteiger partial charge in [0.05, 0.1) is 11.6 Å². The second-order valence-electron chi connectivity index (χ2n) is 9.23. The number of anilines is 1. The van der Waals surface area contributed by atoms with E-state index in [1.54, 1.807) is 18.2 Å². The standard InChI is InChI=1S/C23H27N3O4/c24-6-5-20(27)26-19-3-1-18(2-4-19)22(29)30-13-21(28)25-14-23-10-15-7-16(11-23)9-17(8-15)12-23/h1-4,15-17H,5,7-14H2,(H,25,28)(H,26,27). The first-order valence-corrected chi connectivity index (χ1v) is 10.7. The third kappa shape index (κ3) is 4.64. The van der Waals surface area contributed by atoms with E-state index in [-0.39, 0.29) is 24.3 Å². The number of esters is 1. The molecule has 0 saturated heterocycles. The predicted octanol–water partition coefficient (Wildman–Crippen LogP) is 3.03. The van der Waals surface area contributed by atoms with Crippen LogP contribution >= 0.6 is 0 Å². The molecule has 0 radical (unpaired) electrons. The minimum absolute atomic E-state index is 0.234. The van der Waals surface area contributed by atoms with Crippen molar-refractivity contribution in [2.75, 3.05) is 18.5 Å². The van der Waals surface area contributed by atoms with Crippen molar-refractivity contribution in [2.45, 2.75) is 44.9 Å². The largest absolute Gasteiger partial charge is 0.452 e. The molecule has 30 heavy (non-hydrogen) atoms. The van der Waals surface area contributed by atoms with E-state index in [0.29, 0.717) is 17.8 Å². The van der Waals surface area contributed by atoms with Crippen molar-refractivity contribution in [3.8, 4) is 6.07 Å². The highest BCUT2D eigenvalue weighted by Gasteiger charge is 2.50. The van der Waals surface area contributed by atoms with Gasteiger partial charge in [-0.3, -0.25) is 9.59 Å². The summed E-state index contributed by atoms with van der Waals surface area (Å²) in [5.41, 5.74) is 1.03. The van der Waals surface area contributed by atoms with Crippen LogP contribution in [0.25, 0.3) is 0 Å². The van der Waals surface area contributed by atoms with Crippen molar-refractivity contribution in [3.05, 3.63) is 29.8 Å². The predicted molar refractivity (Wildman–Crippen MR) is 109 cm³/mol. The van der Waals surface area contributed by atoms with Crippen LogP contribution in [0.4, 0.5) is 5.69 Å². The van der Waals surface area contributed by atoms with Gasteiger partial charge in [0.1, 0.15) is 6.42 Å². The number of rotatable bonds is 7. The molecule has 1 aromatic carbocycles. The summed E-state index contributed by atoms with van der Waals surface area (Å²) in [5, 5.41) is 14.1. The van der Waals surface area contributed by atoms with Crippen molar-refractivity contribution in [2.24, 2.45) is 23.2 Å². The third-order valence-corrected chi connectivity index (χ3v) is 6.80. The minimum Gasteiger partial charge on any atom is -0.452 e. The van der Waals surface area contributed by atoms with E-state index in [2.05, 4.69) is 10.6 Å². The summed E-state index contributed by atoms with van der Waals surface area (Å²) >= 11 is 0. The summed E-state index contributed by atoms with van der Waals surface area (Å²) < 4.78 is 5.14. The highest BCUT2D eigenvalue weighted by Crippen LogP contribution is 2.59. The Labute approximate surface area is 176 Å². The topological polar surface area (TPSA) is 108 Å². The molecule has 7 heteroatoms. The fraction of sp³-hybridized carbons (Fsp3) is 0.565. The number of carbonyl (C=O) groups is 3. The van der Waals surface area contributed by atoms with Gasteiger partial charge in [0.15, 0.2) is 6.61 Å². The maximum absolute atomic E-state index is 12.2. The Balaban J connectivity index is 1.22. The van der Waals surface area contributed by atoms with Crippen molar-refractivity contribution < 1.29 is 19.1 Å². The zero-order chi connectivity index (χ0) is 21.1. The molecule has 158 valence electrons. The smallest absolute Gasteiger partial charge is 0.338 e. The summed E-state index contributed by atoms with van der Waals surface area (Å²) in [6.07, 6.45) is 7.52. The molecule has 0 atom stereocenters. The van der Waals surface area contributed by atoms with Gasteiger partial charge in [0, 0.05) is 12.2 Å². The van der Waals surface area contributed by atoms with Gasteiger partial charge in [-0.1, -0.05) is 0 Å². The van der Waals surface area contributed by atoms with Gasteiger partial charge in [0.2, 0.25) is 5.91 Å². The van der Waals surface area contributed by atoms with Gasteiger partial charge in [-0.15, -0.1) is 0 Å². The average molecular weight is 409 g/mol. The van der Waals surface area contributed by atoms with Crippen molar-refractivity contribution in [1.82, 2.24) is 5.32 Å². The van der Waals surface area contributed by atoms with E-state index in [4.69, 9.17) is 10.00 Å². The molecule has 4 aliphatic rings. The van der Waals surface area contributed by atoms with Crippen LogP contribution in [-0.2, 0) is 14.3 Å². The molecule has 2 N–H and O–H groups in total. The molecular weight excluding hydrogens is 382 g/mol. The number of hydrogen-bond acceptors (Lipinski definition) is 5. The molecule has 4 fully saturated rings. The molecule has 7 nitrogen and oxygen atoms in total.